The minimum atomic E-state index is -0.722. The molecule has 96 valence electrons. The molecule has 0 saturated heterocycles. The third-order valence-corrected chi connectivity index (χ3v) is 2.81. The predicted molar refractivity (Wildman–Crippen MR) is 66.0 cm³/mol. The Balaban J connectivity index is 2.87. The van der Waals surface area contributed by atoms with Gasteiger partial charge in [-0.3, -0.25) is 0 Å². The Morgan fingerprint density at radius 2 is 1.88 bits per heavy atom. The van der Waals surface area contributed by atoms with Gasteiger partial charge < -0.3 is 19.7 Å². The van der Waals surface area contributed by atoms with Crippen LogP contribution in [-0.4, -0.2) is 37.1 Å². The summed E-state index contributed by atoms with van der Waals surface area (Å²) in [5.74, 6) is 1.21. The normalized spacial score (nSPS) is 12.3. The molecule has 0 heterocycles. The maximum atomic E-state index is 9.30. The fourth-order valence-electron chi connectivity index (χ4n) is 1.53. The molecule has 0 bridgehead atoms. The molecule has 0 aliphatic carbocycles. The van der Waals surface area contributed by atoms with Gasteiger partial charge >= 0.3 is 0 Å². The van der Waals surface area contributed by atoms with Gasteiger partial charge in [-0.15, -0.1) is 0 Å². The molecule has 0 aliphatic rings. The number of halogens is 1. The second kappa shape index (κ2) is 6.69. The summed E-state index contributed by atoms with van der Waals surface area (Å²) in [6.07, 6.45) is 0.310. The third kappa shape index (κ3) is 3.77. The molecule has 1 aromatic carbocycles. The summed E-state index contributed by atoms with van der Waals surface area (Å²) in [5, 5.41) is 18.6. The SMILES string of the molecule is COc1cc(OC)c(CCC(O)CO)cc1Cl. The lowest BCUT2D eigenvalue weighted by atomic mass is 10.1. The first-order chi connectivity index (χ1) is 8.12. The van der Waals surface area contributed by atoms with Crippen molar-refractivity contribution in [3.05, 3.63) is 22.7 Å². The van der Waals surface area contributed by atoms with Crippen LogP contribution in [0.5, 0.6) is 11.5 Å². The Morgan fingerprint density at radius 3 is 2.41 bits per heavy atom. The molecule has 5 heteroatoms. The van der Waals surface area contributed by atoms with E-state index in [2.05, 4.69) is 0 Å². The number of hydrogen-bond acceptors (Lipinski definition) is 4. The van der Waals surface area contributed by atoms with Crippen molar-refractivity contribution < 1.29 is 19.7 Å². The van der Waals surface area contributed by atoms with Crippen molar-refractivity contribution in [3.63, 3.8) is 0 Å². The summed E-state index contributed by atoms with van der Waals surface area (Å²) in [5.41, 5.74) is 0.880. The molecule has 2 N–H and O–H groups in total. The zero-order chi connectivity index (χ0) is 12.8. The summed E-state index contributed by atoms with van der Waals surface area (Å²) in [4.78, 5) is 0. The molecule has 0 aromatic heterocycles. The average Bonchev–Trinajstić information content (AvgIpc) is 2.35. The number of hydrogen-bond donors (Lipinski definition) is 2. The highest BCUT2D eigenvalue weighted by molar-refractivity contribution is 6.32. The first-order valence-electron chi connectivity index (χ1n) is 5.31. The predicted octanol–water partition coefficient (Wildman–Crippen LogP) is 1.64. The van der Waals surface area contributed by atoms with Crippen LogP contribution in [0.15, 0.2) is 12.1 Å². The lowest BCUT2D eigenvalue weighted by Crippen LogP contribution is -2.12. The maximum Gasteiger partial charge on any atom is 0.141 e. The lowest BCUT2D eigenvalue weighted by Gasteiger charge is -2.13. The Labute approximate surface area is 106 Å². The van der Waals surface area contributed by atoms with Crippen molar-refractivity contribution >= 4 is 11.6 Å². The molecule has 0 aliphatic heterocycles. The maximum absolute atomic E-state index is 9.30. The molecule has 1 aromatic rings. The quantitative estimate of drug-likeness (QED) is 0.817. The summed E-state index contributed by atoms with van der Waals surface area (Å²) < 4.78 is 10.3. The number of ether oxygens (including phenoxy) is 2. The van der Waals surface area contributed by atoms with E-state index in [0.29, 0.717) is 29.4 Å². The van der Waals surface area contributed by atoms with Crippen molar-refractivity contribution in [2.45, 2.75) is 18.9 Å². The first kappa shape index (κ1) is 14.1. The molecular formula is C12H17ClO4. The highest BCUT2D eigenvalue weighted by Crippen LogP contribution is 2.33. The molecule has 0 spiro atoms. The van der Waals surface area contributed by atoms with Crippen molar-refractivity contribution in [1.82, 2.24) is 0 Å². The second-order valence-corrected chi connectivity index (χ2v) is 4.08. The van der Waals surface area contributed by atoms with Gasteiger partial charge in [-0.25, -0.2) is 0 Å². The topological polar surface area (TPSA) is 58.9 Å². The van der Waals surface area contributed by atoms with Gasteiger partial charge in [0.05, 0.1) is 32.0 Å². The molecule has 17 heavy (non-hydrogen) atoms. The molecule has 1 unspecified atom stereocenters. The highest BCUT2D eigenvalue weighted by Gasteiger charge is 2.11. The Hall–Kier alpha value is -0.970. The molecule has 0 fully saturated rings. The van der Waals surface area contributed by atoms with E-state index in [1.807, 2.05) is 0 Å². The lowest BCUT2D eigenvalue weighted by molar-refractivity contribution is 0.0884. The van der Waals surface area contributed by atoms with Crippen LogP contribution in [0, 0.1) is 0 Å². The monoisotopic (exact) mass is 260 g/mol. The standard InChI is InChI=1S/C12H17ClO4/c1-16-11-6-12(17-2)10(13)5-8(11)3-4-9(15)7-14/h5-6,9,14-15H,3-4,7H2,1-2H3. The van der Waals surface area contributed by atoms with Gasteiger partial charge in [-0.1, -0.05) is 11.6 Å². The van der Waals surface area contributed by atoms with Gasteiger partial charge in [-0.2, -0.15) is 0 Å². The first-order valence-corrected chi connectivity index (χ1v) is 5.69. The van der Waals surface area contributed by atoms with Crippen LogP contribution < -0.4 is 9.47 Å². The van der Waals surface area contributed by atoms with E-state index in [0.717, 1.165) is 5.56 Å². The average molecular weight is 261 g/mol. The molecule has 1 atom stereocenters. The Morgan fingerprint density at radius 1 is 1.24 bits per heavy atom. The van der Waals surface area contributed by atoms with E-state index in [4.69, 9.17) is 26.2 Å². The van der Waals surface area contributed by atoms with Gasteiger partial charge in [0, 0.05) is 6.07 Å². The van der Waals surface area contributed by atoms with Crippen molar-refractivity contribution in [2.75, 3.05) is 20.8 Å². The summed E-state index contributed by atoms with van der Waals surface area (Å²) in [6, 6.07) is 3.46. The highest BCUT2D eigenvalue weighted by atomic mass is 35.5. The summed E-state index contributed by atoms with van der Waals surface area (Å²) in [6.45, 7) is -0.244. The smallest absolute Gasteiger partial charge is 0.141 e. The van der Waals surface area contributed by atoms with E-state index in [1.54, 1.807) is 19.2 Å². The van der Waals surface area contributed by atoms with Crippen LogP contribution in [0.25, 0.3) is 0 Å². The van der Waals surface area contributed by atoms with Gasteiger partial charge in [0.25, 0.3) is 0 Å². The van der Waals surface area contributed by atoms with Gasteiger partial charge in [-0.05, 0) is 24.5 Å². The molecule has 0 amide bonds. The summed E-state index contributed by atoms with van der Waals surface area (Å²) in [7, 11) is 3.10. The van der Waals surface area contributed by atoms with Crippen LogP contribution in [0.1, 0.15) is 12.0 Å². The van der Waals surface area contributed by atoms with E-state index in [-0.39, 0.29) is 6.61 Å². The van der Waals surface area contributed by atoms with Crippen molar-refractivity contribution in [1.29, 1.82) is 0 Å². The van der Waals surface area contributed by atoms with Crippen molar-refractivity contribution in [3.8, 4) is 11.5 Å². The number of rotatable bonds is 6. The molecular weight excluding hydrogens is 244 g/mol. The number of benzene rings is 1. The Kier molecular flexibility index (Phi) is 5.55. The largest absolute Gasteiger partial charge is 0.496 e. The summed E-state index contributed by atoms with van der Waals surface area (Å²) >= 11 is 6.02. The van der Waals surface area contributed by atoms with Crippen LogP contribution >= 0.6 is 11.6 Å². The van der Waals surface area contributed by atoms with Gasteiger partial charge in [0.1, 0.15) is 11.5 Å². The number of aryl methyl sites for hydroxylation is 1. The van der Waals surface area contributed by atoms with E-state index >= 15 is 0 Å². The van der Waals surface area contributed by atoms with Gasteiger partial charge in [0.15, 0.2) is 0 Å². The number of methoxy groups -OCH3 is 2. The molecule has 0 saturated carbocycles. The van der Waals surface area contributed by atoms with Crippen molar-refractivity contribution in [2.24, 2.45) is 0 Å². The zero-order valence-corrected chi connectivity index (χ0v) is 10.7. The number of aliphatic hydroxyl groups is 2. The molecule has 0 radical (unpaired) electrons. The number of aliphatic hydroxyl groups excluding tert-OH is 2. The molecule has 4 nitrogen and oxygen atoms in total. The van der Waals surface area contributed by atoms with Crippen LogP contribution in [0.3, 0.4) is 0 Å². The zero-order valence-electron chi connectivity index (χ0n) is 9.94. The fourth-order valence-corrected chi connectivity index (χ4v) is 1.79. The van der Waals surface area contributed by atoms with Gasteiger partial charge in [0.2, 0.25) is 0 Å². The van der Waals surface area contributed by atoms with E-state index in [1.165, 1.54) is 7.11 Å². The van der Waals surface area contributed by atoms with E-state index < -0.39 is 6.10 Å². The van der Waals surface area contributed by atoms with Crippen LogP contribution in [0.4, 0.5) is 0 Å². The molecule has 1 rings (SSSR count). The van der Waals surface area contributed by atoms with Crippen LogP contribution in [0.2, 0.25) is 5.02 Å². The minimum Gasteiger partial charge on any atom is -0.496 e. The van der Waals surface area contributed by atoms with E-state index in [9.17, 15) is 5.11 Å². The second-order valence-electron chi connectivity index (χ2n) is 3.67. The van der Waals surface area contributed by atoms with Crippen LogP contribution in [-0.2, 0) is 6.42 Å². The Bertz CT molecular complexity index is 368. The minimum absolute atomic E-state index is 0.244. The fraction of sp³-hybridized carbons (Fsp3) is 0.500. The third-order valence-electron chi connectivity index (χ3n) is 2.51.